The highest BCUT2D eigenvalue weighted by atomic mass is 127. The van der Waals surface area contributed by atoms with Crippen LogP contribution in [0.3, 0.4) is 0 Å². The van der Waals surface area contributed by atoms with Gasteiger partial charge in [-0.3, -0.25) is 4.55 Å². The molecule has 0 bridgehead atoms. The summed E-state index contributed by atoms with van der Waals surface area (Å²) in [4.78, 5) is 0. The van der Waals surface area contributed by atoms with Crippen molar-refractivity contribution in [2.24, 2.45) is 0 Å². The van der Waals surface area contributed by atoms with E-state index in [0.29, 0.717) is 11.1 Å². The third kappa shape index (κ3) is 6.18. The first-order valence-corrected chi connectivity index (χ1v) is 8.30. The van der Waals surface area contributed by atoms with Crippen molar-refractivity contribution in [1.82, 2.24) is 0 Å². The summed E-state index contributed by atoms with van der Waals surface area (Å²) in [5, 5.41) is 10.4. The van der Waals surface area contributed by atoms with Gasteiger partial charge in [0, 0.05) is 0 Å². The lowest BCUT2D eigenvalue weighted by Crippen LogP contribution is -3.00. The summed E-state index contributed by atoms with van der Waals surface area (Å²) in [5.74, 6) is -0.0327. The van der Waals surface area contributed by atoms with Crippen LogP contribution in [0.5, 0.6) is 5.75 Å². The minimum absolute atomic E-state index is 0. The van der Waals surface area contributed by atoms with Gasteiger partial charge in [-0.05, 0) is 29.5 Å². The van der Waals surface area contributed by atoms with Crippen LogP contribution in [-0.4, -0.2) is 43.7 Å². The number of nitrogens with zero attached hydrogens (tertiary/aromatic N) is 1. The zero-order valence-corrected chi connectivity index (χ0v) is 17.6. The predicted octanol–water partition coefficient (Wildman–Crippen LogP) is -0.474. The molecule has 0 fully saturated rings. The number of rotatable bonds is 4. The second-order valence-corrected chi connectivity index (χ2v) is 8.52. The molecule has 8 heteroatoms. The molecule has 6 nitrogen and oxygen atoms in total. The monoisotopic (exact) mass is 459 g/mol. The molecule has 0 radical (unpaired) electrons. The van der Waals surface area contributed by atoms with Gasteiger partial charge in [-0.15, -0.1) is 0 Å². The van der Waals surface area contributed by atoms with Gasteiger partial charge in [0.15, 0.2) is 0 Å². The topological polar surface area (TPSA) is 83.8 Å². The van der Waals surface area contributed by atoms with E-state index >= 15 is 0 Å². The van der Waals surface area contributed by atoms with Gasteiger partial charge in [0.1, 0.15) is 5.75 Å². The Balaban J connectivity index is 0.00000484. The molecule has 0 aliphatic rings. The van der Waals surface area contributed by atoms with E-state index in [9.17, 15) is 13.5 Å². The second-order valence-electron chi connectivity index (χ2n) is 7.47. The first kappa shape index (κ1) is 22.6. The highest BCUT2D eigenvalue weighted by Gasteiger charge is 2.35. The number of halogens is 1. The molecule has 0 aliphatic carbocycles. The van der Waals surface area contributed by atoms with Crippen LogP contribution < -0.4 is 24.0 Å². The first-order chi connectivity index (χ1) is 9.63. The van der Waals surface area contributed by atoms with Gasteiger partial charge in [0.2, 0.25) is 6.23 Å². The first-order valence-electron chi connectivity index (χ1n) is 6.94. The van der Waals surface area contributed by atoms with Crippen LogP contribution in [0.4, 0.5) is 0 Å². The average molecular weight is 459 g/mol. The summed E-state index contributed by atoms with van der Waals surface area (Å²) in [6.45, 7) is 7.81. The molecule has 0 saturated carbocycles. The van der Waals surface area contributed by atoms with Gasteiger partial charge in [0.05, 0.1) is 26.7 Å². The Morgan fingerprint density at radius 1 is 1.17 bits per heavy atom. The maximum absolute atomic E-state index is 11.2. The number of quaternary nitrogens is 1. The lowest BCUT2D eigenvalue weighted by Gasteiger charge is -2.33. The standard InChI is InChI=1S/C15H25NO5S.HI/c1-10-8-11(15(2,3)4)9-12(13(10)17)14(16(5,6)7)21-22(18,19)20;/h8-9,14H,1-7H3,(H-,17,18,19,20);1H. The van der Waals surface area contributed by atoms with Crippen molar-refractivity contribution in [1.29, 1.82) is 0 Å². The van der Waals surface area contributed by atoms with Crippen molar-refractivity contribution >= 4 is 10.4 Å². The Kier molecular flexibility index (Phi) is 7.09. The van der Waals surface area contributed by atoms with E-state index in [2.05, 4.69) is 0 Å². The van der Waals surface area contributed by atoms with E-state index in [0.717, 1.165) is 5.56 Å². The third-order valence-corrected chi connectivity index (χ3v) is 3.80. The molecule has 2 N–H and O–H groups in total. The van der Waals surface area contributed by atoms with Gasteiger partial charge in [-0.1, -0.05) is 26.8 Å². The van der Waals surface area contributed by atoms with Crippen LogP contribution >= 0.6 is 0 Å². The zero-order chi connectivity index (χ0) is 17.5. The van der Waals surface area contributed by atoms with E-state index in [1.807, 2.05) is 26.8 Å². The third-order valence-electron chi connectivity index (χ3n) is 3.38. The Morgan fingerprint density at radius 3 is 2.00 bits per heavy atom. The highest BCUT2D eigenvalue weighted by Crippen LogP contribution is 2.38. The van der Waals surface area contributed by atoms with E-state index in [1.165, 1.54) is 0 Å². The van der Waals surface area contributed by atoms with Crippen molar-refractivity contribution in [2.75, 3.05) is 21.1 Å². The SMILES string of the molecule is Cc1cc(C(C)(C)C)cc(C(OS(=O)(=O)O)[N+](C)(C)C)c1O.[I-]. The molecule has 134 valence electrons. The molecule has 1 aromatic rings. The lowest BCUT2D eigenvalue weighted by molar-refractivity contribution is -0.922. The molecule has 1 atom stereocenters. The quantitative estimate of drug-likeness (QED) is 0.275. The molecule has 0 aliphatic heterocycles. The largest absolute Gasteiger partial charge is 1.00 e. The fourth-order valence-corrected chi connectivity index (χ4v) is 2.73. The summed E-state index contributed by atoms with van der Waals surface area (Å²) in [6, 6.07) is 3.58. The molecule has 0 amide bonds. The maximum Gasteiger partial charge on any atom is 0.402 e. The molecule has 1 rings (SSSR count). The van der Waals surface area contributed by atoms with E-state index in [4.69, 9.17) is 8.74 Å². The average Bonchev–Trinajstić information content (AvgIpc) is 2.26. The van der Waals surface area contributed by atoms with Crippen molar-refractivity contribution in [2.45, 2.75) is 39.3 Å². The van der Waals surface area contributed by atoms with Gasteiger partial charge >= 0.3 is 10.4 Å². The zero-order valence-electron chi connectivity index (χ0n) is 14.6. The van der Waals surface area contributed by atoms with Crippen LogP contribution in [0.25, 0.3) is 0 Å². The van der Waals surface area contributed by atoms with Crippen molar-refractivity contribution < 1.29 is 50.7 Å². The van der Waals surface area contributed by atoms with Gasteiger partial charge in [-0.25, -0.2) is 0 Å². The van der Waals surface area contributed by atoms with Crippen LogP contribution in [0.15, 0.2) is 12.1 Å². The number of benzene rings is 1. The maximum atomic E-state index is 11.2. The minimum atomic E-state index is -4.66. The normalized spacial score (nSPS) is 14.3. The molecule has 0 saturated heterocycles. The van der Waals surface area contributed by atoms with Gasteiger partial charge in [0.25, 0.3) is 0 Å². The van der Waals surface area contributed by atoms with Crippen molar-refractivity contribution in [3.63, 3.8) is 0 Å². The van der Waals surface area contributed by atoms with Crippen molar-refractivity contribution in [3.05, 3.63) is 28.8 Å². The Morgan fingerprint density at radius 2 is 1.65 bits per heavy atom. The Labute approximate surface area is 156 Å². The van der Waals surface area contributed by atoms with Crippen LogP contribution in [0.2, 0.25) is 0 Å². The van der Waals surface area contributed by atoms with Gasteiger partial charge in [-0.2, -0.15) is 12.6 Å². The fraction of sp³-hybridized carbons (Fsp3) is 0.600. The van der Waals surface area contributed by atoms with Crippen molar-refractivity contribution in [3.8, 4) is 5.75 Å². The molecule has 23 heavy (non-hydrogen) atoms. The number of phenols is 1. The molecule has 0 heterocycles. The van der Waals surface area contributed by atoms with E-state index in [1.54, 1.807) is 34.1 Å². The fourth-order valence-electron chi connectivity index (χ4n) is 2.14. The summed E-state index contributed by atoms with van der Waals surface area (Å²) in [6.07, 6.45) is -1.06. The number of hydrogen-bond donors (Lipinski definition) is 2. The van der Waals surface area contributed by atoms with E-state index < -0.39 is 16.6 Å². The second kappa shape index (κ2) is 7.22. The summed E-state index contributed by atoms with van der Waals surface area (Å²) in [7, 11) is 0.491. The van der Waals surface area contributed by atoms with Crippen LogP contribution in [-0.2, 0) is 20.0 Å². The smallest absolute Gasteiger partial charge is 0.402 e. The Bertz CT molecular complexity index is 660. The molecular formula is C15H26INO5S. The summed E-state index contributed by atoms with van der Waals surface area (Å²) >= 11 is 0. The van der Waals surface area contributed by atoms with E-state index in [-0.39, 0.29) is 39.6 Å². The Hall–Kier alpha value is -0.420. The molecule has 1 unspecified atom stereocenters. The number of aromatic hydroxyl groups is 1. The molecular weight excluding hydrogens is 433 g/mol. The molecule has 0 spiro atoms. The summed E-state index contributed by atoms with van der Waals surface area (Å²) < 4.78 is 36.3. The lowest BCUT2D eigenvalue weighted by atomic mass is 9.84. The number of phenolic OH excluding ortho intramolecular Hbond substituents is 1. The number of aryl methyl sites for hydroxylation is 1. The van der Waals surface area contributed by atoms with Crippen LogP contribution in [0.1, 0.15) is 43.7 Å². The summed E-state index contributed by atoms with van der Waals surface area (Å²) in [5.41, 5.74) is 1.71. The molecule has 1 aromatic carbocycles. The molecule has 0 aromatic heterocycles. The highest BCUT2D eigenvalue weighted by molar-refractivity contribution is 7.80. The number of hydrogen-bond acceptors (Lipinski definition) is 4. The van der Waals surface area contributed by atoms with Gasteiger partial charge < -0.3 is 33.6 Å². The van der Waals surface area contributed by atoms with Crippen LogP contribution in [0, 0.1) is 6.92 Å². The minimum Gasteiger partial charge on any atom is -1.00 e. The predicted molar refractivity (Wildman–Crippen MR) is 85.0 cm³/mol.